The average Bonchev–Trinajstić information content (AvgIpc) is 2.90. The number of hydrogen-bond donors (Lipinski definition) is 2. The second-order valence-corrected chi connectivity index (χ2v) is 5.32. The zero-order valence-electron chi connectivity index (χ0n) is 11.9. The Morgan fingerprint density at radius 3 is 2.91 bits per heavy atom. The van der Waals surface area contributed by atoms with Crippen LogP contribution in [0.4, 0.5) is 4.39 Å². The van der Waals surface area contributed by atoms with Crippen LogP contribution in [-0.4, -0.2) is 52.7 Å². The predicted octanol–water partition coefficient (Wildman–Crippen LogP) is 1.54. The molecule has 1 aliphatic rings. The Kier molecular flexibility index (Phi) is 3.58. The molecule has 7 heteroatoms. The van der Waals surface area contributed by atoms with Crippen molar-refractivity contribution in [1.29, 1.82) is 0 Å². The molecule has 1 aliphatic heterocycles. The number of nitrogens with zero attached hydrogens (tertiary/aromatic N) is 1. The molecule has 22 heavy (non-hydrogen) atoms. The number of aryl methyl sites for hydroxylation is 1. The number of nitrogens with one attached hydrogen (secondary N) is 1. The van der Waals surface area contributed by atoms with E-state index >= 15 is 0 Å². The van der Waals surface area contributed by atoms with Crippen LogP contribution in [-0.2, 0) is 9.53 Å². The smallest absolute Gasteiger partial charge is 0.334 e. The minimum Gasteiger partial charge on any atom is -0.479 e. The number of rotatable bonds is 2. The van der Waals surface area contributed by atoms with E-state index in [1.165, 1.54) is 17.0 Å². The highest BCUT2D eigenvalue weighted by atomic mass is 19.1. The van der Waals surface area contributed by atoms with Crippen molar-refractivity contribution in [2.24, 2.45) is 0 Å². The summed E-state index contributed by atoms with van der Waals surface area (Å²) in [6.07, 6.45) is -1.01. The number of carboxylic acid groups (broad SMARTS) is 1. The molecule has 0 aliphatic carbocycles. The zero-order chi connectivity index (χ0) is 15.9. The molecule has 3 rings (SSSR count). The van der Waals surface area contributed by atoms with Gasteiger partial charge in [-0.25, -0.2) is 9.18 Å². The fraction of sp³-hybridized carbons (Fsp3) is 0.333. The second kappa shape index (κ2) is 5.42. The third-order valence-corrected chi connectivity index (χ3v) is 3.77. The lowest BCUT2D eigenvalue weighted by Gasteiger charge is -2.30. The van der Waals surface area contributed by atoms with E-state index in [0.717, 1.165) is 10.9 Å². The summed E-state index contributed by atoms with van der Waals surface area (Å²) in [6.45, 7) is 2.27. The molecule has 0 saturated carbocycles. The van der Waals surface area contributed by atoms with Gasteiger partial charge in [0, 0.05) is 17.4 Å². The van der Waals surface area contributed by atoms with Crippen molar-refractivity contribution in [3.8, 4) is 0 Å². The molecule has 0 bridgehead atoms. The lowest BCUT2D eigenvalue weighted by atomic mass is 10.1. The molecule has 6 nitrogen and oxygen atoms in total. The summed E-state index contributed by atoms with van der Waals surface area (Å²) >= 11 is 0. The monoisotopic (exact) mass is 306 g/mol. The molecule has 116 valence electrons. The Morgan fingerprint density at radius 2 is 2.18 bits per heavy atom. The van der Waals surface area contributed by atoms with Crippen molar-refractivity contribution in [2.75, 3.05) is 19.7 Å². The number of amides is 1. The van der Waals surface area contributed by atoms with Crippen molar-refractivity contribution in [3.05, 3.63) is 35.3 Å². The van der Waals surface area contributed by atoms with Gasteiger partial charge in [-0.15, -0.1) is 0 Å². The maximum absolute atomic E-state index is 13.4. The Hall–Kier alpha value is -2.41. The molecule has 0 radical (unpaired) electrons. The molecular weight excluding hydrogens is 291 g/mol. The van der Waals surface area contributed by atoms with E-state index in [1.54, 1.807) is 13.0 Å². The Bertz CT molecular complexity index is 755. The number of fused-ring (bicyclic) bond motifs is 1. The van der Waals surface area contributed by atoms with E-state index in [-0.39, 0.29) is 24.9 Å². The number of aliphatic carboxylic acids is 1. The summed E-state index contributed by atoms with van der Waals surface area (Å²) in [7, 11) is 0. The summed E-state index contributed by atoms with van der Waals surface area (Å²) in [5, 5.41) is 9.75. The standard InChI is InChI=1S/C15H15FN2O4/c1-8-4-9(16)5-11-10(8)6-12(17-11)14(19)18-2-3-22-13(7-18)15(20)21/h4-6,13,17H,2-3,7H2,1H3,(H,20,21)/t13-/m0/s1. The minimum atomic E-state index is -1.09. The van der Waals surface area contributed by atoms with Crippen molar-refractivity contribution in [1.82, 2.24) is 9.88 Å². The van der Waals surface area contributed by atoms with Gasteiger partial charge in [0.25, 0.3) is 5.91 Å². The van der Waals surface area contributed by atoms with Crippen LogP contribution >= 0.6 is 0 Å². The number of H-pyrrole nitrogens is 1. The Balaban J connectivity index is 1.89. The maximum Gasteiger partial charge on any atom is 0.334 e. The highest BCUT2D eigenvalue weighted by Crippen LogP contribution is 2.22. The van der Waals surface area contributed by atoms with Gasteiger partial charge >= 0.3 is 5.97 Å². The fourth-order valence-corrected chi connectivity index (χ4v) is 2.64. The zero-order valence-corrected chi connectivity index (χ0v) is 11.9. The number of benzene rings is 1. The number of ether oxygens (including phenoxy) is 1. The molecule has 2 aromatic rings. The van der Waals surface area contributed by atoms with Crippen LogP contribution < -0.4 is 0 Å². The lowest BCUT2D eigenvalue weighted by Crippen LogP contribution is -2.48. The highest BCUT2D eigenvalue weighted by Gasteiger charge is 2.30. The van der Waals surface area contributed by atoms with E-state index in [2.05, 4.69) is 4.98 Å². The van der Waals surface area contributed by atoms with Gasteiger partial charge in [-0.1, -0.05) is 0 Å². The van der Waals surface area contributed by atoms with Crippen LogP contribution in [0, 0.1) is 12.7 Å². The van der Waals surface area contributed by atoms with E-state index in [9.17, 15) is 14.0 Å². The first kappa shape index (κ1) is 14.5. The van der Waals surface area contributed by atoms with Crippen molar-refractivity contribution < 1.29 is 23.8 Å². The SMILES string of the molecule is Cc1cc(F)cc2[nH]c(C(=O)N3CCO[C@H](C(=O)O)C3)cc12. The second-order valence-electron chi connectivity index (χ2n) is 5.32. The number of carboxylic acids is 1. The van der Waals surface area contributed by atoms with E-state index in [1.807, 2.05) is 0 Å². The van der Waals surface area contributed by atoms with Crippen LogP contribution in [0.15, 0.2) is 18.2 Å². The third-order valence-electron chi connectivity index (χ3n) is 3.77. The van der Waals surface area contributed by atoms with Gasteiger partial charge in [-0.2, -0.15) is 0 Å². The molecule has 1 amide bonds. The lowest BCUT2D eigenvalue weighted by molar-refractivity contribution is -0.154. The molecule has 1 aromatic heterocycles. The fourth-order valence-electron chi connectivity index (χ4n) is 2.64. The number of carbonyl (C=O) groups is 2. The number of morpholine rings is 1. The molecule has 1 aromatic carbocycles. The minimum absolute atomic E-state index is 0.00310. The number of hydrogen-bond acceptors (Lipinski definition) is 3. The maximum atomic E-state index is 13.4. The van der Waals surface area contributed by atoms with Gasteiger partial charge in [0.05, 0.1) is 13.2 Å². The van der Waals surface area contributed by atoms with Crippen LogP contribution in [0.1, 0.15) is 16.1 Å². The van der Waals surface area contributed by atoms with Gasteiger partial charge in [0.1, 0.15) is 11.5 Å². The highest BCUT2D eigenvalue weighted by molar-refractivity contribution is 5.99. The topological polar surface area (TPSA) is 82.6 Å². The number of halogens is 1. The van der Waals surface area contributed by atoms with Crippen LogP contribution in [0.25, 0.3) is 10.9 Å². The largest absolute Gasteiger partial charge is 0.479 e. The molecule has 0 unspecified atom stereocenters. The summed E-state index contributed by atoms with van der Waals surface area (Å²) < 4.78 is 18.5. The predicted molar refractivity (Wildman–Crippen MR) is 76.3 cm³/mol. The first-order chi connectivity index (χ1) is 10.5. The van der Waals surface area contributed by atoms with Crippen LogP contribution in [0.3, 0.4) is 0 Å². The van der Waals surface area contributed by atoms with E-state index in [0.29, 0.717) is 17.8 Å². The molecule has 1 saturated heterocycles. The summed E-state index contributed by atoms with van der Waals surface area (Å²) in [4.78, 5) is 27.8. The van der Waals surface area contributed by atoms with Gasteiger partial charge in [-0.05, 0) is 30.7 Å². The van der Waals surface area contributed by atoms with Crippen LogP contribution in [0.5, 0.6) is 0 Å². The number of aromatic nitrogens is 1. The third kappa shape index (κ3) is 2.55. The Morgan fingerprint density at radius 1 is 1.41 bits per heavy atom. The van der Waals surface area contributed by atoms with Gasteiger partial charge in [0.2, 0.25) is 0 Å². The molecule has 2 heterocycles. The first-order valence-electron chi connectivity index (χ1n) is 6.88. The summed E-state index contributed by atoms with van der Waals surface area (Å²) in [5.41, 5.74) is 1.59. The quantitative estimate of drug-likeness (QED) is 0.881. The molecule has 0 spiro atoms. The first-order valence-corrected chi connectivity index (χ1v) is 6.88. The molecular formula is C15H15FN2O4. The van der Waals surface area contributed by atoms with E-state index in [4.69, 9.17) is 9.84 Å². The van der Waals surface area contributed by atoms with Crippen molar-refractivity contribution in [3.63, 3.8) is 0 Å². The Labute approximate surface area is 125 Å². The van der Waals surface area contributed by atoms with Crippen LogP contribution in [0.2, 0.25) is 0 Å². The summed E-state index contributed by atoms with van der Waals surface area (Å²) in [5.74, 6) is -1.78. The van der Waals surface area contributed by atoms with Crippen molar-refractivity contribution >= 4 is 22.8 Å². The number of carbonyl (C=O) groups excluding carboxylic acids is 1. The van der Waals surface area contributed by atoms with Gasteiger partial charge in [0.15, 0.2) is 6.10 Å². The van der Waals surface area contributed by atoms with Gasteiger partial charge < -0.3 is 19.7 Å². The molecule has 1 atom stereocenters. The molecule has 2 N–H and O–H groups in total. The van der Waals surface area contributed by atoms with Crippen molar-refractivity contribution in [2.45, 2.75) is 13.0 Å². The van der Waals surface area contributed by atoms with Gasteiger partial charge in [-0.3, -0.25) is 4.79 Å². The van der Waals surface area contributed by atoms with E-state index < -0.39 is 12.1 Å². The molecule has 1 fully saturated rings. The average molecular weight is 306 g/mol. The number of aromatic amines is 1. The summed E-state index contributed by atoms with van der Waals surface area (Å²) in [6, 6.07) is 4.40. The normalized spacial score (nSPS) is 18.6.